The first-order valence-electron chi connectivity index (χ1n) is 6.33. The molecule has 0 spiro atoms. The summed E-state index contributed by atoms with van der Waals surface area (Å²) in [6.45, 7) is 0. The highest BCUT2D eigenvalue weighted by molar-refractivity contribution is 5.14. The molecule has 0 nitrogen and oxygen atoms in total. The van der Waals surface area contributed by atoms with Crippen LogP contribution in [0.15, 0.2) is 0 Å². The molecule has 0 atom stereocenters. The van der Waals surface area contributed by atoms with Crippen LogP contribution in [0.25, 0.3) is 0 Å². The van der Waals surface area contributed by atoms with Crippen molar-refractivity contribution in [1.29, 1.82) is 0 Å². The fourth-order valence-corrected chi connectivity index (χ4v) is 1.79. The van der Waals surface area contributed by atoms with E-state index in [0.717, 1.165) is 0 Å². The third-order valence-corrected chi connectivity index (χ3v) is 3.41. The van der Waals surface area contributed by atoms with E-state index in [9.17, 15) is 92.2 Å². The van der Waals surface area contributed by atoms with Gasteiger partial charge in [-0.05, 0) is 0 Å². The monoisotopic (exact) mass is 520 g/mol. The van der Waals surface area contributed by atoms with Crippen LogP contribution >= 0.6 is 0 Å². The number of rotatable bonds is 6. The van der Waals surface area contributed by atoms with Gasteiger partial charge in [-0.1, -0.05) is 0 Å². The van der Waals surface area contributed by atoms with Gasteiger partial charge in [0.25, 0.3) is 0 Å². The van der Waals surface area contributed by atoms with Gasteiger partial charge in [0.05, 0.1) is 0 Å². The van der Waals surface area contributed by atoms with Crippen LogP contribution in [0.3, 0.4) is 0 Å². The molecule has 0 aliphatic carbocycles. The van der Waals surface area contributed by atoms with Crippen molar-refractivity contribution >= 4 is 0 Å². The van der Waals surface area contributed by atoms with Crippen molar-refractivity contribution in [3.05, 3.63) is 0 Å². The van der Waals surface area contributed by atoms with E-state index >= 15 is 0 Å². The van der Waals surface area contributed by atoms with Crippen molar-refractivity contribution in [2.45, 2.75) is 54.1 Å². The minimum absolute atomic E-state index is 7.91. The lowest BCUT2D eigenvalue weighted by molar-refractivity contribution is -0.459. The molecular formula is C10HF21. The van der Waals surface area contributed by atoms with Crippen molar-refractivity contribution in [3.63, 3.8) is 0 Å². The van der Waals surface area contributed by atoms with E-state index in [2.05, 4.69) is 0 Å². The lowest BCUT2D eigenvalue weighted by atomic mass is 9.78. The van der Waals surface area contributed by atoms with Gasteiger partial charge in [0.2, 0.25) is 0 Å². The van der Waals surface area contributed by atoms with E-state index < -0.39 is 60.0 Å². The molecule has 0 heterocycles. The van der Waals surface area contributed by atoms with Crippen molar-refractivity contribution in [2.75, 3.05) is 0 Å². The Morgan fingerprint density at radius 1 is 0.258 bits per heavy atom. The Morgan fingerprint density at radius 2 is 0.387 bits per heavy atom. The highest BCUT2D eigenvalue weighted by Gasteiger charge is 2.93. The second-order valence-electron chi connectivity index (χ2n) is 5.52. The van der Waals surface area contributed by atoms with Crippen LogP contribution in [0, 0.1) is 5.92 Å². The summed E-state index contributed by atoms with van der Waals surface area (Å²) in [6.07, 6.45) is -24.3. The number of hydrogen-bond donors (Lipinski definition) is 0. The predicted octanol–water partition coefficient (Wildman–Crippen LogP) is 7.10. The molecule has 0 aromatic heterocycles. The van der Waals surface area contributed by atoms with Crippen molar-refractivity contribution in [3.8, 4) is 0 Å². The summed E-state index contributed by atoms with van der Waals surface area (Å²) in [7, 11) is 0. The van der Waals surface area contributed by atoms with E-state index in [0.29, 0.717) is 0 Å². The van der Waals surface area contributed by atoms with Gasteiger partial charge < -0.3 is 0 Å². The third kappa shape index (κ3) is 4.04. The van der Waals surface area contributed by atoms with Crippen molar-refractivity contribution < 1.29 is 92.2 Å². The molecule has 0 rings (SSSR count). The minimum atomic E-state index is -8.80. The van der Waals surface area contributed by atoms with Gasteiger partial charge in [-0.25, -0.2) is 0 Å². The van der Waals surface area contributed by atoms with Gasteiger partial charge >= 0.3 is 54.1 Å². The summed E-state index contributed by atoms with van der Waals surface area (Å²) in [5.41, 5.74) is 0. The molecule has 0 saturated carbocycles. The standard InChI is InChI=1S/C10HF21/c11-2(12,5(17,18)8(23,24)25)1(3(13,14)6(19,20)9(26,27)28)4(15,16)7(21,22)10(29,30)31/h1H. The molecule has 0 saturated heterocycles. The number of hydrogen-bond acceptors (Lipinski definition) is 0. The van der Waals surface area contributed by atoms with Crippen LogP contribution in [0.2, 0.25) is 0 Å². The fraction of sp³-hybridized carbons (Fsp3) is 1.00. The fourth-order valence-electron chi connectivity index (χ4n) is 1.79. The molecule has 0 aromatic carbocycles. The Labute approximate surface area is 153 Å². The van der Waals surface area contributed by atoms with Gasteiger partial charge in [-0.3, -0.25) is 0 Å². The second kappa shape index (κ2) is 7.01. The molecule has 0 amide bonds. The smallest absolute Gasteiger partial charge is 0.199 e. The SMILES string of the molecule is FC(F)(F)C(F)(F)C(F)(F)C(C(F)(F)C(F)(F)C(F)(F)F)C(F)(F)C(F)(F)C(F)(F)F. The highest BCUT2D eigenvalue weighted by Crippen LogP contribution is 2.65. The Hall–Kier alpha value is -1.47. The average molecular weight is 520 g/mol. The molecule has 21 heteroatoms. The largest absolute Gasteiger partial charge is 0.459 e. The lowest BCUT2D eigenvalue weighted by Gasteiger charge is -2.45. The predicted molar refractivity (Wildman–Crippen MR) is 51.3 cm³/mol. The maximum atomic E-state index is 13.4. The topological polar surface area (TPSA) is 0 Å². The summed E-state index contributed by atoms with van der Waals surface area (Å²) in [5, 5.41) is 0. The molecule has 0 N–H and O–H groups in total. The summed E-state index contributed by atoms with van der Waals surface area (Å²) >= 11 is 0. The molecule has 0 fully saturated rings. The molecule has 0 unspecified atom stereocenters. The zero-order valence-corrected chi connectivity index (χ0v) is 13.0. The van der Waals surface area contributed by atoms with Crippen LogP contribution in [0.4, 0.5) is 92.2 Å². The van der Waals surface area contributed by atoms with Gasteiger partial charge in [-0.2, -0.15) is 92.2 Å². The molecule has 0 aromatic rings. The van der Waals surface area contributed by atoms with Crippen LogP contribution in [-0.4, -0.2) is 54.1 Å². The maximum absolute atomic E-state index is 13.4. The maximum Gasteiger partial charge on any atom is 0.459 e. The summed E-state index contributed by atoms with van der Waals surface area (Å²) in [5.74, 6) is -59.9. The Bertz CT molecular complexity index is 550. The van der Waals surface area contributed by atoms with E-state index in [1.165, 1.54) is 0 Å². The number of alkyl halides is 21. The van der Waals surface area contributed by atoms with Crippen LogP contribution in [-0.2, 0) is 0 Å². The van der Waals surface area contributed by atoms with Gasteiger partial charge in [0, 0.05) is 0 Å². The van der Waals surface area contributed by atoms with Crippen LogP contribution in [0.5, 0.6) is 0 Å². The highest BCUT2D eigenvalue weighted by atomic mass is 19.4. The normalized spacial score (nSPS) is 16.8. The van der Waals surface area contributed by atoms with Gasteiger partial charge in [-0.15, -0.1) is 0 Å². The first-order chi connectivity index (χ1) is 12.9. The average Bonchev–Trinajstić information content (AvgIpc) is 2.41. The minimum Gasteiger partial charge on any atom is -0.199 e. The first kappa shape index (κ1) is 29.5. The Kier molecular flexibility index (Phi) is 6.68. The second-order valence-corrected chi connectivity index (χ2v) is 5.52. The summed E-state index contributed by atoms with van der Waals surface area (Å²) in [4.78, 5) is 0. The first-order valence-corrected chi connectivity index (χ1v) is 6.33. The van der Waals surface area contributed by atoms with Crippen molar-refractivity contribution in [1.82, 2.24) is 0 Å². The quantitative estimate of drug-likeness (QED) is 0.328. The third-order valence-electron chi connectivity index (χ3n) is 3.41. The summed E-state index contributed by atoms with van der Waals surface area (Å²) < 4.78 is 265. The molecule has 0 aliphatic heterocycles. The van der Waals surface area contributed by atoms with Crippen LogP contribution in [0.1, 0.15) is 0 Å². The molecule has 0 bridgehead atoms. The number of halogens is 21. The van der Waals surface area contributed by atoms with E-state index in [1.54, 1.807) is 0 Å². The molecular weight excluding hydrogens is 519 g/mol. The van der Waals surface area contributed by atoms with E-state index in [4.69, 9.17) is 0 Å². The van der Waals surface area contributed by atoms with Crippen LogP contribution < -0.4 is 0 Å². The summed E-state index contributed by atoms with van der Waals surface area (Å²) in [6, 6.07) is 0. The van der Waals surface area contributed by atoms with E-state index in [1.807, 2.05) is 0 Å². The van der Waals surface area contributed by atoms with Crippen molar-refractivity contribution in [2.24, 2.45) is 5.92 Å². The zero-order valence-electron chi connectivity index (χ0n) is 13.0. The Morgan fingerprint density at radius 3 is 0.484 bits per heavy atom. The zero-order chi connectivity index (χ0) is 26.1. The van der Waals surface area contributed by atoms with Gasteiger partial charge in [0.1, 0.15) is 0 Å². The Balaban J connectivity index is 7.52. The molecule has 188 valence electrons. The molecule has 31 heavy (non-hydrogen) atoms. The molecule has 0 aliphatic rings. The molecule has 0 radical (unpaired) electrons. The van der Waals surface area contributed by atoms with Gasteiger partial charge in [0.15, 0.2) is 5.92 Å². The lowest BCUT2D eigenvalue weighted by Crippen LogP contribution is -2.73. The van der Waals surface area contributed by atoms with E-state index in [-0.39, 0.29) is 0 Å².